The van der Waals surface area contributed by atoms with Gasteiger partial charge in [0.15, 0.2) is 5.65 Å². The van der Waals surface area contributed by atoms with Crippen molar-refractivity contribution in [1.29, 1.82) is 0 Å². The lowest BCUT2D eigenvalue weighted by Gasteiger charge is -2.35. The molecule has 150 valence electrons. The quantitative estimate of drug-likeness (QED) is 0.565. The van der Waals surface area contributed by atoms with Crippen LogP contribution in [0.3, 0.4) is 0 Å². The first-order valence-electron chi connectivity index (χ1n) is 10.3. The van der Waals surface area contributed by atoms with Crippen LogP contribution in [0.4, 0.5) is 5.82 Å². The van der Waals surface area contributed by atoms with Crippen molar-refractivity contribution in [2.24, 2.45) is 0 Å². The second-order valence-corrected chi connectivity index (χ2v) is 7.55. The number of amides is 1. The first kappa shape index (κ1) is 18.4. The Kier molecular flexibility index (Phi) is 4.93. The molecule has 1 N–H and O–H groups in total. The third-order valence-corrected chi connectivity index (χ3v) is 5.57. The normalized spacial score (nSPS) is 16.7. The van der Waals surface area contributed by atoms with Crippen molar-refractivity contribution in [3.63, 3.8) is 0 Å². The Labute approximate surface area is 174 Å². The summed E-state index contributed by atoms with van der Waals surface area (Å²) in [5.74, 6) is 0.679. The fraction of sp³-hybridized carbons (Fsp3) is 0.261. The lowest BCUT2D eigenvalue weighted by molar-refractivity contribution is 0.0622. The zero-order chi connectivity index (χ0) is 20.3. The van der Waals surface area contributed by atoms with E-state index < -0.39 is 0 Å². The second kappa shape index (κ2) is 8.02. The van der Waals surface area contributed by atoms with Crippen LogP contribution in [0.2, 0.25) is 0 Å². The number of carbonyl (C=O) groups is 1. The maximum Gasteiger partial charge on any atom is 0.272 e. The molecule has 4 aromatic rings. The van der Waals surface area contributed by atoms with Crippen LogP contribution in [-0.4, -0.2) is 49.9 Å². The third-order valence-electron chi connectivity index (χ3n) is 5.57. The summed E-state index contributed by atoms with van der Waals surface area (Å²) in [4.78, 5) is 32.7. The summed E-state index contributed by atoms with van der Waals surface area (Å²) in [5.41, 5.74) is 1.87. The zero-order valence-electron chi connectivity index (χ0n) is 16.5. The molecule has 7 heteroatoms. The Morgan fingerprint density at radius 3 is 2.87 bits per heavy atom. The van der Waals surface area contributed by atoms with Crippen LogP contribution in [-0.2, 0) is 0 Å². The molecule has 1 atom stereocenters. The van der Waals surface area contributed by atoms with Crippen molar-refractivity contribution in [3.8, 4) is 0 Å². The van der Waals surface area contributed by atoms with E-state index in [1.165, 1.54) is 0 Å². The van der Waals surface area contributed by atoms with E-state index in [2.05, 4.69) is 25.3 Å². The molecular formula is C23H22N6O. The highest BCUT2D eigenvalue weighted by Gasteiger charge is 2.28. The zero-order valence-corrected chi connectivity index (χ0v) is 16.5. The van der Waals surface area contributed by atoms with Crippen LogP contribution in [0.15, 0.2) is 61.1 Å². The number of likely N-dealkylation sites (tertiary alicyclic amines) is 1. The summed E-state index contributed by atoms with van der Waals surface area (Å²) >= 11 is 0. The molecule has 5 rings (SSSR count). The molecule has 4 heterocycles. The van der Waals surface area contributed by atoms with E-state index in [1.54, 1.807) is 18.6 Å². The summed E-state index contributed by atoms with van der Waals surface area (Å²) in [6, 6.07) is 13.7. The van der Waals surface area contributed by atoms with Crippen LogP contribution in [0.25, 0.3) is 21.9 Å². The molecular weight excluding hydrogens is 376 g/mol. The predicted octanol–water partition coefficient (Wildman–Crippen LogP) is 3.68. The van der Waals surface area contributed by atoms with Gasteiger partial charge in [-0.2, -0.15) is 0 Å². The Hall–Kier alpha value is -3.61. The molecule has 0 bridgehead atoms. The lowest BCUT2D eigenvalue weighted by Crippen LogP contribution is -2.47. The Balaban J connectivity index is 1.33. The molecule has 0 spiro atoms. The summed E-state index contributed by atoms with van der Waals surface area (Å²) in [6.45, 7) is 1.37. The second-order valence-electron chi connectivity index (χ2n) is 7.55. The average Bonchev–Trinajstić information content (AvgIpc) is 2.82. The van der Waals surface area contributed by atoms with Gasteiger partial charge in [0, 0.05) is 36.9 Å². The van der Waals surface area contributed by atoms with Crippen LogP contribution in [0.5, 0.6) is 0 Å². The predicted molar refractivity (Wildman–Crippen MR) is 116 cm³/mol. The fourth-order valence-corrected chi connectivity index (χ4v) is 3.99. The van der Waals surface area contributed by atoms with Crippen molar-refractivity contribution >= 4 is 33.7 Å². The van der Waals surface area contributed by atoms with Gasteiger partial charge < -0.3 is 10.2 Å². The van der Waals surface area contributed by atoms with Crippen molar-refractivity contribution in [2.75, 3.05) is 18.4 Å². The largest absolute Gasteiger partial charge is 0.367 e. The van der Waals surface area contributed by atoms with Crippen LogP contribution >= 0.6 is 0 Å². The first-order valence-corrected chi connectivity index (χ1v) is 10.3. The SMILES string of the molecule is O=C(c1cc2ccccc2cn1)N1CCCCC1CNc1cnc2ncccc2n1. The number of piperidine rings is 1. The van der Waals surface area contributed by atoms with Gasteiger partial charge in [-0.05, 0) is 42.8 Å². The number of hydrogen-bond acceptors (Lipinski definition) is 6. The Bertz CT molecular complexity index is 1210. The van der Waals surface area contributed by atoms with E-state index in [9.17, 15) is 4.79 Å². The summed E-state index contributed by atoms with van der Waals surface area (Å²) < 4.78 is 0. The molecule has 1 aliphatic heterocycles. The number of carbonyl (C=O) groups excluding carboxylic acids is 1. The van der Waals surface area contributed by atoms with Crippen LogP contribution in [0, 0.1) is 0 Å². The number of hydrogen-bond donors (Lipinski definition) is 1. The van der Waals surface area contributed by atoms with Gasteiger partial charge in [-0.25, -0.2) is 15.0 Å². The number of rotatable bonds is 4. The summed E-state index contributed by atoms with van der Waals surface area (Å²) in [6.07, 6.45) is 8.24. The Morgan fingerprint density at radius 1 is 1.03 bits per heavy atom. The van der Waals surface area contributed by atoms with Gasteiger partial charge >= 0.3 is 0 Å². The number of aromatic nitrogens is 4. The molecule has 3 aromatic heterocycles. The summed E-state index contributed by atoms with van der Waals surface area (Å²) in [5, 5.41) is 5.42. The number of pyridine rings is 2. The molecule has 1 fully saturated rings. The minimum Gasteiger partial charge on any atom is -0.367 e. The molecule has 0 saturated carbocycles. The van der Waals surface area contributed by atoms with Gasteiger partial charge in [-0.3, -0.25) is 9.78 Å². The molecule has 1 saturated heterocycles. The van der Waals surface area contributed by atoms with E-state index in [0.29, 0.717) is 23.7 Å². The van der Waals surface area contributed by atoms with Gasteiger partial charge in [0.2, 0.25) is 0 Å². The molecule has 1 amide bonds. The summed E-state index contributed by atoms with van der Waals surface area (Å²) in [7, 11) is 0. The topological polar surface area (TPSA) is 83.9 Å². The van der Waals surface area contributed by atoms with E-state index in [0.717, 1.165) is 42.1 Å². The minimum absolute atomic E-state index is 0.0129. The van der Waals surface area contributed by atoms with Gasteiger partial charge in [0.05, 0.1) is 6.20 Å². The lowest BCUT2D eigenvalue weighted by atomic mass is 10.0. The standard InChI is InChI=1S/C23H22N6O/c30-23(20-12-16-6-1-2-7-17(16)13-25-20)29-11-4-3-8-18(29)14-26-21-15-27-22-19(28-21)9-5-10-24-22/h1-2,5-7,9-10,12-13,15,18H,3-4,8,11,14H2,(H,26,28). The van der Waals surface area contributed by atoms with E-state index in [1.807, 2.05) is 47.4 Å². The molecule has 7 nitrogen and oxygen atoms in total. The molecule has 0 aliphatic carbocycles. The number of nitrogens with zero attached hydrogens (tertiary/aromatic N) is 5. The van der Waals surface area contributed by atoms with Crippen molar-refractivity contribution in [3.05, 3.63) is 66.7 Å². The Morgan fingerprint density at radius 2 is 1.93 bits per heavy atom. The first-order chi connectivity index (χ1) is 14.8. The van der Waals surface area contributed by atoms with Gasteiger partial charge in [0.25, 0.3) is 5.91 Å². The van der Waals surface area contributed by atoms with Crippen molar-refractivity contribution in [2.45, 2.75) is 25.3 Å². The van der Waals surface area contributed by atoms with Crippen molar-refractivity contribution < 1.29 is 4.79 Å². The van der Waals surface area contributed by atoms with Gasteiger partial charge in [0.1, 0.15) is 17.0 Å². The fourth-order valence-electron chi connectivity index (χ4n) is 3.99. The smallest absolute Gasteiger partial charge is 0.272 e. The number of nitrogens with one attached hydrogen (secondary N) is 1. The maximum absolute atomic E-state index is 13.2. The van der Waals surface area contributed by atoms with E-state index >= 15 is 0 Å². The molecule has 0 radical (unpaired) electrons. The number of anilines is 1. The van der Waals surface area contributed by atoms with Crippen LogP contribution < -0.4 is 5.32 Å². The van der Waals surface area contributed by atoms with Gasteiger partial charge in [-0.15, -0.1) is 0 Å². The molecule has 30 heavy (non-hydrogen) atoms. The number of benzene rings is 1. The molecule has 1 aromatic carbocycles. The van der Waals surface area contributed by atoms with Gasteiger partial charge in [-0.1, -0.05) is 24.3 Å². The number of fused-ring (bicyclic) bond motifs is 2. The monoisotopic (exact) mass is 398 g/mol. The van der Waals surface area contributed by atoms with Crippen LogP contribution in [0.1, 0.15) is 29.8 Å². The third kappa shape index (κ3) is 3.66. The molecule has 1 unspecified atom stereocenters. The maximum atomic E-state index is 13.2. The van der Waals surface area contributed by atoms with E-state index in [4.69, 9.17) is 0 Å². The van der Waals surface area contributed by atoms with E-state index in [-0.39, 0.29) is 11.9 Å². The minimum atomic E-state index is -0.0129. The highest BCUT2D eigenvalue weighted by molar-refractivity contribution is 5.96. The highest BCUT2D eigenvalue weighted by atomic mass is 16.2. The average molecular weight is 398 g/mol. The highest BCUT2D eigenvalue weighted by Crippen LogP contribution is 2.21. The molecule has 1 aliphatic rings. The van der Waals surface area contributed by atoms with Crippen molar-refractivity contribution in [1.82, 2.24) is 24.8 Å².